The molecule has 0 spiro atoms. The average molecular weight is 304 g/mol. The highest BCUT2D eigenvalue weighted by atomic mass is 16.2. The summed E-state index contributed by atoms with van der Waals surface area (Å²) >= 11 is 0. The quantitative estimate of drug-likeness (QED) is 0.909. The van der Waals surface area contributed by atoms with Crippen molar-refractivity contribution in [2.24, 2.45) is 0 Å². The van der Waals surface area contributed by atoms with Crippen LogP contribution in [0.15, 0.2) is 24.3 Å². The van der Waals surface area contributed by atoms with Gasteiger partial charge in [0.1, 0.15) is 6.04 Å². The summed E-state index contributed by atoms with van der Waals surface area (Å²) < 4.78 is 0. The highest BCUT2D eigenvalue weighted by Gasteiger charge is 2.27. The van der Waals surface area contributed by atoms with Gasteiger partial charge in [-0.05, 0) is 40.2 Å². The highest BCUT2D eigenvalue weighted by molar-refractivity contribution is 5.87. The molecule has 1 atom stereocenters. The van der Waals surface area contributed by atoms with Gasteiger partial charge in [-0.2, -0.15) is 0 Å². The molecule has 122 valence electrons. The molecule has 0 radical (unpaired) electrons. The minimum Gasteiger partial charge on any atom is -0.350 e. The molecule has 0 aliphatic rings. The zero-order valence-corrected chi connectivity index (χ0v) is 14.6. The van der Waals surface area contributed by atoms with Crippen molar-refractivity contribution in [3.8, 4) is 0 Å². The Labute approximate surface area is 133 Å². The Bertz CT molecular complexity index is 532. The molecule has 0 aliphatic heterocycles. The summed E-state index contributed by atoms with van der Waals surface area (Å²) in [4.78, 5) is 26.3. The lowest BCUT2D eigenvalue weighted by molar-refractivity contribution is -0.141. The maximum Gasteiger partial charge on any atom is 0.242 e. The maximum atomic E-state index is 12.4. The topological polar surface area (TPSA) is 49.4 Å². The molecule has 0 heterocycles. The van der Waals surface area contributed by atoms with Crippen LogP contribution >= 0.6 is 0 Å². The second kappa shape index (κ2) is 7.43. The number of rotatable bonds is 5. The van der Waals surface area contributed by atoms with Gasteiger partial charge in [-0.25, -0.2) is 0 Å². The van der Waals surface area contributed by atoms with E-state index in [4.69, 9.17) is 0 Å². The fourth-order valence-electron chi connectivity index (χ4n) is 2.27. The molecule has 1 aromatic carbocycles. The van der Waals surface area contributed by atoms with E-state index >= 15 is 0 Å². The van der Waals surface area contributed by atoms with Gasteiger partial charge in [-0.3, -0.25) is 9.59 Å². The largest absolute Gasteiger partial charge is 0.350 e. The predicted molar refractivity (Wildman–Crippen MR) is 89.4 cm³/mol. The SMILES string of the molecule is CCC(=O)N(Cc1cccc(C)c1)[C@@H](C)C(=O)NC(C)(C)C. The predicted octanol–water partition coefficient (Wildman–Crippen LogP) is 3.04. The van der Waals surface area contributed by atoms with Gasteiger partial charge in [0.25, 0.3) is 0 Å². The molecule has 0 aliphatic carbocycles. The fraction of sp³-hybridized carbons (Fsp3) is 0.556. The van der Waals surface area contributed by atoms with E-state index in [1.807, 2.05) is 58.9 Å². The zero-order valence-electron chi connectivity index (χ0n) is 14.6. The summed E-state index contributed by atoms with van der Waals surface area (Å²) in [5.41, 5.74) is 1.88. The number of hydrogen-bond donors (Lipinski definition) is 1. The van der Waals surface area contributed by atoms with Gasteiger partial charge in [0, 0.05) is 18.5 Å². The van der Waals surface area contributed by atoms with E-state index < -0.39 is 6.04 Å². The number of amides is 2. The smallest absolute Gasteiger partial charge is 0.242 e. The number of hydrogen-bond acceptors (Lipinski definition) is 2. The van der Waals surface area contributed by atoms with Gasteiger partial charge < -0.3 is 10.2 Å². The van der Waals surface area contributed by atoms with Gasteiger partial charge in [0.15, 0.2) is 0 Å². The van der Waals surface area contributed by atoms with Gasteiger partial charge >= 0.3 is 0 Å². The van der Waals surface area contributed by atoms with Crippen molar-refractivity contribution < 1.29 is 9.59 Å². The summed E-state index contributed by atoms with van der Waals surface area (Å²) in [7, 11) is 0. The Hall–Kier alpha value is -1.84. The Balaban J connectivity index is 2.93. The van der Waals surface area contributed by atoms with Crippen molar-refractivity contribution >= 4 is 11.8 Å². The molecule has 22 heavy (non-hydrogen) atoms. The normalized spacial score (nSPS) is 12.6. The van der Waals surface area contributed by atoms with Crippen molar-refractivity contribution in [2.45, 2.75) is 66.1 Å². The first kappa shape index (κ1) is 18.2. The molecule has 0 fully saturated rings. The monoisotopic (exact) mass is 304 g/mol. The van der Waals surface area contributed by atoms with Crippen LogP contribution in [0.4, 0.5) is 0 Å². The Kier molecular flexibility index (Phi) is 6.15. The van der Waals surface area contributed by atoms with Gasteiger partial charge in [-0.1, -0.05) is 36.8 Å². The summed E-state index contributed by atoms with van der Waals surface area (Å²) in [6, 6.07) is 7.53. The van der Waals surface area contributed by atoms with Crippen LogP contribution in [0, 0.1) is 6.92 Å². The van der Waals surface area contributed by atoms with Crippen LogP contribution in [0.3, 0.4) is 0 Å². The van der Waals surface area contributed by atoms with Gasteiger partial charge in [-0.15, -0.1) is 0 Å². The summed E-state index contributed by atoms with van der Waals surface area (Å²) in [5, 5.41) is 2.94. The standard InChI is InChI=1S/C18H28N2O2/c1-7-16(21)20(12-15-10-8-9-13(2)11-15)14(3)17(22)19-18(4,5)6/h8-11,14H,7,12H2,1-6H3,(H,19,22)/t14-/m0/s1. The second-order valence-electron chi connectivity index (χ2n) is 6.78. The third-order valence-corrected chi connectivity index (χ3v) is 3.40. The summed E-state index contributed by atoms with van der Waals surface area (Å²) in [6.45, 7) is 11.9. The van der Waals surface area contributed by atoms with E-state index in [1.54, 1.807) is 11.8 Å². The molecule has 4 heteroatoms. The number of carbonyl (C=O) groups is 2. The minimum atomic E-state index is -0.493. The second-order valence-corrected chi connectivity index (χ2v) is 6.78. The van der Waals surface area contributed by atoms with Crippen LogP contribution < -0.4 is 5.32 Å². The first-order chi connectivity index (χ1) is 10.1. The van der Waals surface area contributed by atoms with E-state index in [9.17, 15) is 9.59 Å². The Morgan fingerprint density at radius 1 is 1.27 bits per heavy atom. The van der Waals surface area contributed by atoms with E-state index in [2.05, 4.69) is 5.32 Å². The van der Waals surface area contributed by atoms with E-state index in [1.165, 1.54) is 0 Å². The lowest BCUT2D eigenvalue weighted by atomic mass is 10.1. The van der Waals surface area contributed by atoms with Gasteiger partial charge in [0.2, 0.25) is 11.8 Å². The summed E-state index contributed by atoms with van der Waals surface area (Å²) in [6.07, 6.45) is 0.388. The van der Waals surface area contributed by atoms with Crippen LogP contribution in [-0.2, 0) is 16.1 Å². The van der Waals surface area contributed by atoms with Crippen molar-refractivity contribution in [3.63, 3.8) is 0 Å². The van der Waals surface area contributed by atoms with Crippen molar-refractivity contribution in [2.75, 3.05) is 0 Å². The number of nitrogens with one attached hydrogen (secondary N) is 1. The molecule has 4 nitrogen and oxygen atoms in total. The molecule has 0 unspecified atom stereocenters. The number of benzene rings is 1. The molecule has 1 N–H and O–H groups in total. The number of carbonyl (C=O) groups excluding carboxylic acids is 2. The molecule has 2 amide bonds. The zero-order chi connectivity index (χ0) is 16.9. The molecule has 0 saturated heterocycles. The van der Waals surface area contributed by atoms with Crippen LogP contribution in [0.5, 0.6) is 0 Å². The van der Waals surface area contributed by atoms with Crippen LogP contribution in [0.2, 0.25) is 0 Å². The fourth-order valence-corrected chi connectivity index (χ4v) is 2.27. The molecule has 1 aromatic rings. The van der Waals surface area contributed by atoms with Crippen molar-refractivity contribution in [1.29, 1.82) is 0 Å². The average Bonchev–Trinajstić information content (AvgIpc) is 2.41. The van der Waals surface area contributed by atoms with Crippen molar-refractivity contribution in [1.82, 2.24) is 10.2 Å². The minimum absolute atomic E-state index is 0.0157. The van der Waals surface area contributed by atoms with E-state index in [0.717, 1.165) is 11.1 Å². The molecule has 1 rings (SSSR count). The Morgan fingerprint density at radius 2 is 1.91 bits per heavy atom. The molecule has 0 aromatic heterocycles. The first-order valence-corrected chi connectivity index (χ1v) is 7.81. The van der Waals surface area contributed by atoms with Crippen molar-refractivity contribution in [3.05, 3.63) is 35.4 Å². The van der Waals surface area contributed by atoms with Crippen LogP contribution in [0.25, 0.3) is 0 Å². The lowest BCUT2D eigenvalue weighted by Crippen LogP contribution is -2.52. The Morgan fingerprint density at radius 3 is 2.41 bits per heavy atom. The first-order valence-electron chi connectivity index (χ1n) is 7.81. The van der Waals surface area contributed by atoms with Gasteiger partial charge in [0.05, 0.1) is 0 Å². The van der Waals surface area contributed by atoms with E-state index in [-0.39, 0.29) is 17.4 Å². The third kappa shape index (κ3) is 5.51. The van der Waals surface area contributed by atoms with Crippen LogP contribution in [0.1, 0.15) is 52.2 Å². The number of aryl methyl sites for hydroxylation is 1. The number of nitrogens with zero attached hydrogens (tertiary/aromatic N) is 1. The highest BCUT2D eigenvalue weighted by Crippen LogP contribution is 2.13. The summed E-state index contributed by atoms with van der Waals surface area (Å²) in [5.74, 6) is -0.139. The van der Waals surface area contributed by atoms with Crippen LogP contribution in [-0.4, -0.2) is 28.3 Å². The van der Waals surface area contributed by atoms with E-state index in [0.29, 0.717) is 13.0 Å². The third-order valence-electron chi connectivity index (χ3n) is 3.40. The maximum absolute atomic E-state index is 12.4. The molecule has 0 bridgehead atoms. The molecular weight excluding hydrogens is 276 g/mol. The molecule has 0 saturated carbocycles. The molecular formula is C18H28N2O2. The lowest BCUT2D eigenvalue weighted by Gasteiger charge is -2.31.